The predicted octanol–water partition coefficient (Wildman–Crippen LogP) is 2.21. The van der Waals surface area contributed by atoms with Crippen molar-refractivity contribution < 1.29 is 9.21 Å². The number of hydrogen-bond acceptors (Lipinski definition) is 6. The monoisotopic (exact) mass is 287 g/mol. The van der Waals surface area contributed by atoms with Gasteiger partial charge in [0.05, 0.1) is 5.39 Å². The highest BCUT2D eigenvalue weighted by atomic mass is 32.1. The Bertz CT molecular complexity index is 853. The zero-order valence-corrected chi connectivity index (χ0v) is 11.2. The maximum absolute atomic E-state index is 12.0. The number of aryl methyl sites for hydroxylation is 1. The van der Waals surface area contributed by atoms with Crippen molar-refractivity contribution in [1.82, 2.24) is 10.2 Å². The number of rotatable bonds is 2. The minimum absolute atomic E-state index is 0.0541. The summed E-state index contributed by atoms with van der Waals surface area (Å²) in [4.78, 5) is 23.9. The lowest BCUT2D eigenvalue weighted by molar-refractivity contribution is 0.0997. The normalized spacial score (nSPS) is 10.7. The Morgan fingerprint density at radius 2 is 2.10 bits per heavy atom. The third-order valence-corrected chi connectivity index (χ3v) is 3.36. The van der Waals surface area contributed by atoms with Crippen LogP contribution in [0.15, 0.2) is 39.5 Å². The summed E-state index contributed by atoms with van der Waals surface area (Å²) >= 11 is 1.24. The van der Waals surface area contributed by atoms with Crippen LogP contribution in [0.5, 0.6) is 0 Å². The van der Waals surface area contributed by atoms with Crippen LogP contribution in [-0.4, -0.2) is 16.1 Å². The first-order chi connectivity index (χ1) is 9.63. The highest BCUT2D eigenvalue weighted by Crippen LogP contribution is 2.16. The van der Waals surface area contributed by atoms with Crippen molar-refractivity contribution in [3.8, 4) is 0 Å². The zero-order chi connectivity index (χ0) is 14.1. The highest BCUT2D eigenvalue weighted by Gasteiger charge is 2.14. The van der Waals surface area contributed by atoms with Crippen molar-refractivity contribution in [2.24, 2.45) is 0 Å². The smallest absolute Gasteiger partial charge is 0.293 e. The number of benzene rings is 1. The van der Waals surface area contributed by atoms with Gasteiger partial charge in [-0.15, -0.1) is 10.2 Å². The third-order valence-electron chi connectivity index (χ3n) is 2.60. The highest BCUT2D eigenvalue weighted by molar-refractivity contribution is 7.15. The van der Waals surface area contributed by atoms with Crippen molar-refractivity contribution in [2.75, 3.05) is 5.32 Å². The molecular formula is C13H9N3O3S. The van der Waals surface area contributed by atoms with Gasteiger partial charge in [-0.05, 0) is 19.1 Å². The first-order valence-corrected chi connectivity index (χ1v) is 6.59. The standard InChI is InChI=1S/C13H9N3O3S/c1-7-15-16-13(20-7)14-12(18)11-6-9(17)8-4-2-3-5-10(8)19-11/h2-6H,1H3,(H,14,16,18). The van der Waals surface area contributed by atoms with Gasteiger partial charge in [-0.25, -0.2) is 0 Å². The molecule has 0 saturated heterocycles. The first-order valence-electron chi connectivity index (χ1n) is 5.78. The number of fused-ring (bicyclic) bond motifs is 1. The predicted molar refractivity (Wildman–Crippen MR) is 75.1 cm³/mol. The van der Waals surface area contributed by atoms with E-state index in [-0.39, 0.29) is 11.2 Å². The lowest BCUT2D eigenvalue weighted by Gasteiger charge is -2.02. The van der Waals surface area contributed by atoms with Crippen LogP contribution in [-0.2, 0) is 0 Å². The number of aromatic nitrogens is 2. The molecule has 1 N–H and O–H groups in total. The van der Waals surface area contributed by atoms with Gasteiger partial charge in [0.1, 0.15) is 10.6 Å². The summed E-state index contributed by atoms with van der Waals surface area (Å²) in [7, 11) is 0. The van der Waals surface area contributed by atoms with Crippen molar-refractivity contribution in [3.63, 3.8) is 0 Å². The number of hydrogen-bond donors (Lipinski definition) is 1. The van der Waals surface area contributed by atoms with Gasteiger partial charge >= 0.3 is 0 Å². The summed E-state index contributed by atoms with van der Waals surface area (Å²) in [6.45, 7) is 1.78. The Morgan fingerprint density at radius 3 is 2.85 bits per heavy atom. The van der Waals surface area contributed by atoms with Gasteiger partial charge in [-0.3, -0.25) is 14.9 Å². The second-order valence-corrected chi connectivity index (χ2v) is 5.23. The Kier molecular flexibility index (Phi) is 3.03. The number of nitrogens with one attached hydrogen (secondary N) is 1. The molecule has 0 aliphatic carbocycles. The van der Waals surface area contributed by atoms with Crippen LogP contribution in [0.3, 0.4) is 0 Å². The summed E-state index contributed by atoms with van der Waals surface area (Å²) in [6.07, 6.45) is 0. The fourth-order valence-corrected chi connectivity index (χ4v) is 2.31. The molecule has 3 rings (SSSR count). The third kappa shape index (κ3) is 2.30. The molecule has 0 aliphatic heterocycles. The van der Waals surface area contributed by atoms with Gasteiger partial charge in [-0.1, -0.05) is 23.5 Å². The number of carbonyl (C=O) groups is 1. The summed E-state index contributed by atoms with van der Waals surface area (Å²) in [5.41, 5.74) is 0.115. The maximum atomic E-state index is 12.0. The number of amides is 1. The molecule has 0 aliphatic rings. The molecule has 100 valence electrons. The largest absolute Gasteiger partial charge is 0.451 e. The molecule has 0 saturated carbocycles. The Morgan fingerprint density at radius 1 is 1.30 bits per heavy atom. The average Bonchev–Trinajstić information content (AvgIpc) is 2.84. The van der Waals surface area contributed by atoms with E-state index in [9.17, 15) is 9.59 Å². The summed E-state index contributed by atoms with van der Waals surface area (Å²) in [5, 5.41) is 11.7. The molecule has 7 heteroatoms. The maximum Gasteiger partial charge on any atom is 0.293 e. The second kappa shape index (κ2) is 4.86. The van der Waals surface area contributed by atoms with Gasteiger partial charge in [-0.2, -0.15) is 0 Å². The van der Waals surface area contributed by atoms with Gasteiger partial charge in [0.2, 0.25) is 5.13 Å². The molecule has 0 atom stereocenters. The van der Waals surface area contributed by atoms with E-state index in [2.05, 4.69) is 15.5 Å². The molecular weight excluding hydrogens is 278 g/mol. The summed E-state index contributed by atoms with van der Waals surface area (Å²) in [6, 6.07) is 7.94. The van der Waals surface area contributed by atoms with E-state index in [1.165, 1.54) is 17.4 Å². The van der Waals surface area contributed by atoms with Crippen molar-refractivity contribution >= 4 is 33.3 Å². The average molecular weight is 287 g/mol. The number of anilines is 1. The molecule has 0 spiro atoms. The lowest BCUT2D eigenvalue weighted by atomic mass is 10.2. The molecule has 2 aromatic heterocycles. The van der Waals surface area contributed by atoms with Crippen molar-refractivity contribution in [1.29, 1.82) is 0 Å². The zero-order valence-electron chi connectivity index (χ0n) is 10.4. The van der Waals surface area contributed by atoms with E-state index < -0.39 is 5.91 Å². The lowest BCUT2D eigenvalue weighted by Crippen LogP contribution is -2.14. The Balaban J connectivity index is 1.97. The van der Waals surface area contributed by atoms with E-state index in [0.717, 1.165) is 5.01 Å². The van der Waals surface area contributed by atoms with E-state index >= 15 is 0 Å². The quantitative estimate of drug-likeness (QED) is 0.781. The van der Waals surface area contributed by atoms with Crippen LogP contribution in [0.25, 0.3) is 11.0 Å². The minimum atomic E-state index is -0.524. The second-order valence-electron chi connectivity index (χ2n) is 4.05. The molecule has 0 unspecified atom stereocenters. The van der Waals surface area contributed by atoms with Crippen molar-refractivity contribution in [2.45, 2.75) is 6.92 Å². The van der Waals surface area contributed by atoms with Gasteiger partial charge in [0, 0.05) is 6.07 Å². The Hall–Kier alpha value is -2.54. The minimum Gasteiger partial charge on any atom is -0.451 e. The molecule has 6 nitrogen and oxygen atoms in total. The first kappa shape index (κ1) is 12.5. The molecule has 3 aromatic rings. The van der Waals surface area contributed by atoms with Gasteiger partial charge in [0.25, 0.3) is 5.91 Å². The van der Waals surface area contributed by atoms with Crippen LogP contribution in [0, 0.1) is 6.92 Å². The molecule has 1 aromatic carbocycles. The molecule has 0 bridgehead atoms. The summed E-state index contributed by atoms with van der Waals surface area (Å²) in [5.74, 6) is -0.578. The van der Waals surface area contributed by atoms with E-state index in [4.69, 9.17) is 4.42 Å². The van der Waals surface area contributed by atoms with Crippen LogP contribution in [0.4, 0.5) is 5.13 Å². The van der Waals surface area contributed by atoms with Crippen LogP contribution in [0.1, 0.15) is 15.6 Å². The fourth-order valence-electron chi connectivity index (χ4n) is 1.72. The van der Waals surface area contributed by atoms with E-state index in [1.54, 1.807) is 31.2 Å². The molecule has 20 heavy (non-hydrogen) atoms. The van der Waals surface area contributed by atoms with E-state index in [0.29, 0.717) is 16.1 Å². The summed E-state index contributed by atoms with van der Waals surface area (Å²) < 4.78 is 5.43. The van der Waals surface area contributed by atoms with E-state index in [1.807, 2.05) is 0 Å². The molecule has 0 radical (unpaired) electrons. The van der Waals surface area contributed by atoms with Crippen LogP contribution < -0.4 is 10.7 Å². The van der Waals surface area contributed by atoms with Gasteiger partial charge < -0.3 is 4.42 Å². The molecule has 0 fully saturated rings. The number of carbonyl (C=O) groups excluding carboxylic acids is 1. The van der Waals surface area contributed by atoms with Crippen molar-refractivity contribution in [3.05, 3.63) is 51.3 Å². The van der Waals surface area contributed by atoms with Crippen LogP contribution in [0.2, 0.25) is 0 Å². The fraction of sp³-hybridized carbons (Fsp3) is 0.0769. The Labute approximate surface area is 117 Å². The topological polar surface area (TPSA) is 85.1 Å². The number of para-hydroxylation sites is 1. The molecule has 1 amide bonds. The SMILES string of the molecule is Cc1nnc(NC(=O)c2cc(=O)c3ccccc3o2)s1. The van der Waals surface area contributed by atoms with Crippen LogP contribution >= 0.6 is 11.3 Å². The molecule has 2 heterocycles. The number of nitrogens with zero attached hydrogens (tertiary/aromatic N) is 2. The van der Waals surface area contributed by atoms with Gasteiger partial charge in [0.15, 0.2) is 11.2 Å².